The van der Waals surface area contributed by atoms with Gasteiger partial charge in [-0.1, -0.05) is 59.8 Å². The number of phenolic OH excluding ortho intramolecular Hbond substituents is 1. The SMILES string of the molecule is CC1=CCC(C(=O)CCc2cc(C(C)(C)C)c(O)c(C(C)(C)C)c2)=C1F. The summed E-state index contributed by atoms with van der Waals surface area (Å²) in [7, 11) is 0. The fourth-order valence-corrected chi connectivity index (χ4v) is 3.30. The van der Waals surface area contributed by atoms with Crippen LogP contribution in [0.15, 0.2) is 35.2 Å². The van der Waals surface area contributed by atoms with Crippen molar-refractivity contribution in [3.63, 3.8) is 0 Å². The Morgan fingerprint density at radius 3 is 1.96 bits per heavy atom. The monoisotopic (exact) mass is 358 g/mol. The summed E-state index contributed by atoms with van der Waals surface area (Å²) in [5.41, 5.74) is 3.23. The molecule has 0 amide bonds. The molecule has 0 heterocycles. The Labute approximate surface area is 156 Å². The predicted molar refractivity (Wildman–Crippen MR) is 105 cm³/mol. The molecule has 1 aliphatic rings. The topological polar surface area (TPSA) is 37.3 Å². The van der Waals surface area contributed by atoms with Crippen LogP contribution < -0.4 is 0 Å². The standard InChI is InChI=1S/C23H31FO2/c1-14-8-10-16(20(14)24)19(25)11-9-15-12-17(22(2,3)4)21(26)18(13-15)23(5,6)7/h8,12-13,26H,9-11H2,1-7H3. The summed E-state index contributed by atoms with van der Waals surface area (Å²) in [5.74, 6) is -0.144. The number of allylic oxidation sites excluding steroid dienone is 4. The molecule has 0 atom stereocenters. The van der Waals surface area contributed by atoms with E-state index in [1.54, 1.807) is 13.0 Å². The maximum atomic E-state index is 14.0. The Morgan fingerprint density at radius 1 is 1.08 bits per heavy atom. The molecule has 0 aliphatic heterocycles. The summed E-state index contributed by atoms with van der Waals surface area (Å²) in [5, 5.41) is 10.8. The molecule has 0 unspecified atom stereocenters. The Bertz CT molecular complexity index is 748. The van der Waals surface area contributed by atoms with Crippen LogP contribution in [0.25, 0.3) is 0 Å². The first-order valence-electron chi connectivity index (χ1n) is 9.28. The summed E-state index contributed by atoms with van der Waals surface area (Å²) >= 11 is 0. The molecule has 1 N–H and O–H groups in total. The Balaban J connectivity index is 2.31. The van der Waals surface area contributed by atoms with Crippen molar-refractivity contribution >= 4 is 5.78 Å². The molecule has 3 heteroatoms. The molecule has 142 valence electrons. The second-order valence-electron chi connectivity index (χ2n) is 9.35. The third-order valence-corrected chi connectivity index (χ3v) is 4.99. The lowest BCUT2D eigenvalue weighted by molar-refractivity contribution is -0.115. The van der Waals surface area contributed by atoms with Crippen LogP contribution in [0.3, 0.4) is 0 Å². The minimum Gasteiger partial charge on any atom is -0.507 e. The third kappa shape index (κ3) is 4.25. The average Bonchev–Trinajstić information content (AvgIpc) is 2.83. The number of carbonyl (C=O) groups excluding carboxylic acids is 1. The quantitative estimate of drug-likeness (QED) is 0.710. The van der Waals surface area contributed by atoms with Crippen molar-refractivity contribution in [2.75, 3.05) is 0 Å². The van der Waals surface area contributed by atoms with E-state index in [0.717, 1.165) is 16.7 Å². The van der Waals surface area contributed by atoms with E-state index in [1.165, 1.54) is 0 Å². The number of aromatic hydroxyl groups is 1. The molecule has 1 aromatic rings. The van der Waals surface area contributed by atoms with Gasteiger partial charge in [0.1, 0.15) is 11.6 Å². The van der Waals surface area contributed by atoms with Crippen molar-refractivity contribution in [3.8, 4) is 5.75 Å². The number of phenols is 1. The lowest BCUT2D eigenvalue weighted by atomic mass is 9.78. The van der Waals surface area contributed by atoms with E-state index < -0.39 is 0 Å². The van der Waals surface area contributed by atoms with Gasteiger partial charge < -0.3 is 5.11 Å². The van der Waals surface area contributed by atoms with Crippen molar-refractivity contribution in [2.24, 2.45) is 0 Å². The second-order valence-corrected chi connectivity index (χ2v) is 9.35. The van der Waals surface area contributed by atoms with Gasteiger partial charge in [0.25, 0.3) is 0 Å². The first kappa shape index (κ1) is 20.4. The highest BCUT2D eigenvalue weighted by Crippen LogP contribution is 2.40. The van der Waals surface area contributed by atoms with E-state index in [-0.39, 0.29) is 28.9 Å². The molecule has 26 heavy (non-hydrogen) atoms. The zero-order valence-corrected chi connectivity index (χ0v) is 17.1. The highest BCUT2D eigenvalue weighted by molar-refractivity contribution is 5.97. The van der Waals surface area contributed by atoms with Gasteiger partial charge >= 0.3 is 0 Å². The van der Waals surface area contributed by atoms with Crippen LogP contribution in [0.5, 0.6) is 5.75 Å². The van der Waals surface area contributed by atoms with E-state index in [2.05, 4.69) is 41.5 Å². The Hall–Kier alpha value is -1.90. The summed E-state index contributed by atoms with van der Waals surface area (Å²) in [6.45, 7) is 14.1. The summed E-state index contributed by atoms with van der Waals surface area (Å²) in [6.07, 6.45) is 2.98. The second kappa shape index (κ2) is 7.02. The molecule has 0 aromatic heterocycles. The van der Waals surface area contributed by atoms with Crippen molar-refractivity contribution in [1.29, 1.82) is 0 Å². The third-order valence-electron chi connectivity index (χ3n) is 4.99. The van der Waals surface area contributed by atoms with Gasteiger partial charge in [-0.3, -0.25) is 4.79 Å². The summed E-state index contributed by atoms with van der Waals surface area (Å²) < 4.78 is 14.0. The average molecular weight is 358 g/mol. The van der Waals surface area contributed by atoms with E-state index in [0.29, 0.717) is 29.7 Å². The van der Waals surface area contributed by atoms with Gasteiger partial charge in [0.15, 0.2) is 5.78 Å². The van der Waals surface area contributed by atoms with E-state index in [4.69, 9.17) is 0 Å². The van der Waals surface area contributed by atoms with Crippen LogP contribution >= 0.6 is 0 Å². The molecule has 0 radical (unpaired) electrons. The molecule has 0 fully saturated rings. The summed E-state index contributed by atoms with van der Waals surface area (Å²) in [4.78, 5) is 12.4. The molecule has 2 rings (SSSR count). The van der Waals surface area contributed by atoms with Crippen LogP contribution in [0, 0.1) is 0 Å². The lowest BCUT2D eigenvalue weighted by Gasteiger charge is -2.28. The van der Waals surface area contributed by atoms with Crippen molar-refractivity contribution in [3.05, 3.63) is 51.9 Å². The number of Topliss-reactive ketones (excluding diaryl/α,β-unsaturated/α-hetero) is 1. The van der Waals surface area contributed by atoms with Crippen LogP contribution in [0.2, 0.25) is 0 Å². The Morgan fingerprint density at radius 2 is 1.58 bits per heavy atom. The van der Waals surface area contributed by atoms with Crippen molar-refractivity contribution in [2.45, 2.75) is 78.6 Å². The van der Waals surface area contributed by atoms with Gasteiger partial charge in [0.05, 0.1) is 0 Å². The molecular formula is C23H31FO2. The number of carbonyl (C=O) groups is 1. The van der Waals surface area contributed by atoms with E-state index >= 15 is 0 Å². The van der Waals surface area contributed by atoms with Gasteiger partial charge in [-0.2, -0.15) is 0 Å². The van der Waals surface area contributed by atoms with Crippen LogP contribution in [-0.2, 0) is 22.0 Å². The molecule has 0 spiro atoms. The zero-order valence-electron chi connectivity index (χ0n) is 17.1. The minimum atomic E-state index is -0.355. The number of hydrogen-bond donors (Lipinski definition) is 1. The zero-order chi connectivity index (χ0) is 19.9. The van der Waals surface area contributed by atoms with Gasteiger partial charge in [0, 0.05) is 12.0 Å². The summed E-state index contributed by atoms with van der Waals surface area (Å²) in [6, 6.07) is 3.97. The Kier molecular flexibility index (Phi) is 5.51. The number of hydrogen-bond acceptors (Lipinski definition) is 2. The molecular weight excluding hydrogens is 327 g/mol. The van der Waals surface area contributed by atoms with E-state index in [9.17, 15) is 14.3 Å². The first-order chi connectivity index (χ1) is 11.8. The molecule has 2 nitrogen and oxygen atoms in total. The van der Waals surface area contributed by atoms with Crippen molar-refractivity contribution < 1.29 is 14.3 Å². The number of aryl methyl sites for hydroxylation is 1. The largest absolute Gasteiger partial charge is 0.507 e. The number of halogens is 1. The fraction of sp³-hybridized carbons (Fsp3) is 0.522. The molecule has 1 aromatic carbocycles. The van der Waals surface area contributed by atoms with Gasteiger partial charge in [-0.25, -0.2) is 4.39 Å². The number of rotatable bonds is 4. The minimum absolute atomic E-state index is 0.127. The van der Waals surface area contributed by atoms with Crippen molar-refractivity contribution in [1.82, 2.24) is 0 Å². The van der Waals surface area contributed by atoms with E-state index in [1.807, 2.05) is 12.1 Å². The maximum absolute atomic E-state index is 14.0. The van der Waals surface area contributed by atoms with Crippen LogP contribution in [0.1, 0.15) is 78.0 Å². The molecule has 0 saturated carbocycles. The highest BCUT2D eigenvalue weighted by Gasteiger charge is 2.27. The first-order valence-corrected chi connectivity index (χ1v) is 9.28. The smallest absolute Gasteiger partial charge is 0.162 e. The lowest BCUT2D eigenvalue weighted by Crippen LogP contribution is -2.18. The van der Waals surface area contributed by atoms with Gasteiger partial charge in [-0.15, -0.1) is 0 Å². The highest BCUT2D eigenvalue weighted by atomic mass is 19.1. The number of ketones is 1. The van der Waals surface area contributed by atoms with Crippen LogP contribution in [0.4, 0.5) is 4.39 Å². The normalized spacial score (nSPS) is 15.5. The maximum Gasteiger partial charge on any atom is 0.162 e. The molecule has 0 saturated heterocycles. The predicted octanol–water partition coefficient (Wildman–Crippen LogP) is 6.06. The van der Waals surface area contributed by atoms with Crippen LogP contribution in [-0.4, -0.2) is 10.9 Å². The van der Waals surface area contributed by atoms with Gasteiger partial charge in [-0.05, 0) is 52.9 Å². The van der Waals surface area contributed by atoms with Gasteiger partial charge in [0.2, 0.25) is 0 Å². The molecule has 1 aliphatic carbocycles. The number of benzene rings is 1. The molecule has 0 bridgehead atoms. The fourth-order valence-electron chi connectivity index (χ4n) is 3.30.